The third-order valence-electron chi connectivity index (χ3n) is 10.2. The van der Waals surface area contributed by atoms with Crippen LogP contribution in [0.15, 0.2) is 57.5 Å². The molecule has 0 fully saturated rings. The van der Waals surface area contributed by atoms with Gasteiger partial charge in [0, 0.05) is 37.1 Å². The van der Waals surface area contributed by atoms with Crippen LogP contribution in [0, 0.1) is 36.5 Å². The lowest BCUT2D eigenvalue weighted by atomic mass is 9.92. The summed E-state index contributed by atoms with van der Waals surface area (Å²) in [5.74, 6) is -0.766. The number of carboxylic acid groups (broad SMARTS) is 2. The van der Waals surface area contributed by atoms with Gasteiger partial charge in [0.05, 0.1) is 59.3 Å². The van der Waals surface area contributed by atoms with Gasteiger partial charge in [-0.2, -0.15) is 20.5 Å². The van der Waals surface area contributed by atoms with E-state index in [0.717, 1.165) is 38.9 Å². The summed E-state index contributed by atoms with van der Waals surface area (Å²) in [6.45, 7) is 5.52. The SMILES string of the molecule is Cc1c(COc2nc(OCCCCC#N)c(CCC[C@@H](O)CC(=O)O)cc2Br)cccc1-c1cccc(COc2nc(OCCCCC#N)c(CNC[C@@H](O)CC(=O)O)cc2Br)c1C. The molecule has 0 aliphatic rings. The van der Waals surface area contributed by atoms with Crippen molar-refractivity contribution in [2.24, 2.45) is 0 Å². The van der Waals surface area contributed by atoms with Crippen LogP contribution in [0.25, 0.3) is 11.1 Å². The molecule has 2 aromatic heterocycles. The quantitative estimate of drug-likeness (QED) is 0.0320. The maximum atomic E-state index is 11.0. The summed E-state index contributed by atoms with van der Waals surface area (Å²) < 4.78 is 25.9. The molecular formula is C47H55Br2N5O10. The first-order valence-electron chi connectivity index (χ1n) is 21.1. The van der Waals surface area contributed by atoms with Crippen molar-refractivity contribution in [3.63, 3.8) is 0 Å². The normalized spacial score (nSPS) is 11.9. The number of aliphatic carboxylic acids is 2. The Morgan fingerprint density at radius 2 is 1.16 bits per heavy atom. The zero-order chi connectivity index (χ0) is 46.4. The van der Waals surface area contributed by atoms with Gasteiger partial charge in [0.1, 0.15) is 13.2 Å². The second kappa shape index (κ2) is 27.1. The second-order valence-corrected chi connectivity index (χ2v) is 16.9. The van der Waals surface area contributed by atoms with Gasteiger partial charge < -0.3 is 44.7 Å². The van der Waals surface area contributed by atoms with Crippen LogP contribution in [-0.4, -0.2) is 74.3 Å². The summed E-state index contributed by atoms with van der Waals surface area (Å²) in [7, 11) is 0. The van der Waals surface area contributed by atoms with Gasteiger partial charge in [0.15, 0.2) is 0 Å². The van der Waals surface area contributed by atoms with Crippen molar-refractivity contribution in [2.75, 3.05) is 19.8 Å². The number of nitrogens with zero attached hydrogens (tertiary/aromatic N) is 4. The van der Waals surface area contributed by atoms with Crippen LogP contribution in [0.3, 0.4) is 0 Å². The number of pyridine rings is 2. The van der Waals surface area contributed by atoms with Crippen LogP contribution >= 0.6 is 31.9 Å². The molecule has 0 spiro atoms. The maximum Gasteiger partial charge on any atom is 0.306 e. The van der Waals surface area contributed by atoms with Crippen LogP contribution in [-0.2, 0) is 35.8 Å². The standard InChI is InChI=1S/C47H55Br2N5O10/c1-30-33(28-63-46-40(48)22-32(12-9-15-36(55)24-42(57)58)44(53-46)61-20-7-3-5-18-50)13-10-16-38(30)39-17-11-14-34(31(39)2)29-64-47-41(49)23-35(26-52-27-37(56)25-43(59)60)45(54-47)62-21-8-4-6-19-51/h10-11,13-14,16-17,22-23,36-37,52,55-56H,3-9,12,15,20-21,24-29H2,1-2H3,(H,57,58)(H,59,60)/t36-,37+/m1/s1. The number of unbranched alkanes of at least 4 members (excludes halogenated alkanes) is 4. The number of aliphatic hydroxyl groups excluding tert-OH is 2. The Morgan fingerprint density at radius 3 is 1.66 bits per heavy atom. The number of hydrogen-bond acceptors (Lipinski definition) is 13. The highest BCUT2D eigenvalue weighted by Crippen LogP contribution is 2.35. The summed E-state index contributed by atoms with van der Waals surface area (Å²) in [6.07, 6.45) is 2.18. The van der Waals surface area contributed by atoms with Gasteiger partial charge in [0.25, 0.3) is 0 Å². The van der Waals surface area contributed by atoms with E-state index < -0.39 is 24.1 Å². The molecule has 0 bridgehead atoms. The largest absolute Gasteiger partial charge is 0.481 e. The molecule has 0 radical (unpaired) electrons. The Bertz CT molecular complexity index is 2110. The second-order valence-electron chi connectivity index (χ2n) is 15.2. The molecular weight excluding hydrogens is 954 g/mol. The molecule has 0 saturated heterocycles. The van der Waals surface area contributed by atoms with E-state index in [1.807, 2.05) is 50.2 Å². The molecule has 342 valence electrons. The molecule has 0 unspecified atom stereocenters. The zero-order valence-electron chi connectivity index (χ0n) is 36.1. The Hall–Kier alpha value is -5.30. The molecule has 0 aliphatic heterocycles. The summed E-state index contributed by atoms with van der Waals surface area (Å²) >= 11 is 7.20. The highest BCUT2D eigenvalue weighted by Gasteiger charge is 2.19. The van der Waals surface area contributed by atoms with Gasteiger partial charge in [-0.1, -0.05) is 36.4 Å². The molecule has 17 heteroatoms. The van der Waals surface area contributed by atoms with Crippen molar-refractivity contribution in [1.82, 2.24) is 15.3 Å². The average Bonchev–Trinajstić information content (AvgIpc) is 3.24. The lowest BCUT2D eigenvalue weighted by molar-refractivity contribution is -0.140. The number of carboxylic acids is 2. The van der Waals surface area contributed by atoms with E-state index in [1.54, 1.807) is 0 Å². The van der Waals surface area contributed by atoms with Crippen molar-refractivity contribution in [3.05, 3.63) is 90.9 Å². The number of nitrogens with one attached hydrogen (secondary N) is 1. The van der Waals surface area contributed by atoms with E-state index >= 15 is 0 Å². The summed E-state index contributed by atoms with van der Waals surface area (Å²) in [6, 6.07) is 20.0. The Balaban J connectivity index is 1.49. The van der Waals surface area contributed by atoms with Gasteiger partial charge >= 0.3 is 11.9 Å². The predicted molar refractivity (Wildman–Crippen MR) is 245 cm³/mol. The van der Waals surface area contributed by atoms with E-state index in [-0.39, 0.29) is 39.1 Å². The number of benzene rings is 2. The lowest BCUT2D eigenvalue weighted by Crippen LogP contribution is -2.28. The molecule has 2 aromatic carbocycles. The van der Waals surface area contributed by atoms with Crippen molar-refractivity contribution >= 4 is 43.8 Å². The molecule has 5 N–H and O–H groups in total. The lowest BCUT2D eigenvalue weighted by Gasteiger charge is -2.18. The Labute approximate surface area is 390 Å². The zero-order valence-corrected chi connectivity index (χ0v) is 39.2. The van der Waals surface area contributed by atoms with Crippen LogP contribution in [0.2, 0.25) is 0 Å². The van der Waals surface area contributed by atoms with E-state index in [1.165, 1.54) is 0 Å². The Morgan fingerprint density at radius 1 is 0.672 bits per heavy atom. The number of nitriles is 2. The molecule has 0 aliphatic carbocycles. The first-order chi connectivity index (χ1) is 30.8. The fourth-order valence-electron chi connectivity index (χ4n) is 6.73. The van der Waals surface area contributed by atoms with Gasteiger partial charge in [-0.25, -0.2) is 0 Å². The van der Waals surface area contributed by atoms with Crippen LogP contribution in [0.5, 0.6) is 23.5 Å². The predicted octanol–water partition coefficient (Wildman–Crippen LogP) is 8.67. The summed E-state index contributed by atoms with van der Waals surface area (Å²) in [4.78, 5) is 31.4. The number of rotatable bonds is 29. The highest BCUT2D eigenvalue weighted by molar-refractivity contribution is 9.10. The van der Waals surface area contributed by atoms with Gasteiger partial charge in [-0.3, -0.25) is 9.59 Å². The van der Waals surface area contributed by atoms with Crippen LogP contribution < -0.4 is 24.3 Å². The average molecular weight is 1010 g/mol. The fourth-order valence-corrected chi connectivity index (χ4v) is 7.69. The Kier molecular flexibility index (Phi) is 21.8. The minimum absolute atomic E-state index is 0.0641. The van der Waals surface area contributed by atoms with Crippen molar-refractivity contribution in [3.8, 4) is 46.8 Å². The topological polar surface area (TPSA) is 237 Å². The molecule has 15 nitrogen and oxygen atoms in total. The number of aromatic nitrogens is 2. The van der Waals surface area contributed by atoms with Crippen LogP contribution in [0.4, 0.5) is 0 Å². The van der Waals surface area contributed by atoms with Crippen molar-refractivity contribution in [2.45, 2.75) is 116 Å². The van der Waals surface area contributed by atoms with E-state index in [4.69, 9.17) is 44.7 Å². The first-order valence-corrected chi connectivity index (χ1v) is 22.7. The highest BCUT2D eigenvalue weighted by atomic mass is 79.9. The number of ether oxygens (including phenoxy) is 4. The first kappa shape index (κ1) is 51.3. The molecule has 64 heavy (non-hydrogen) atoms. The van der Waals surface area contributed by atoms with Crippen LogP contribution in [0.1, 0.15) is 97.6 Å². The van der Waals surface area contributed by atoms with E-state index in [2.05, 4.69) is 66.4 Å². The summed E-state index contributed by atoms with van der Waals surface area (Å²) in [5, 5.41) is 59.0. The van der Waals surface area contributed by atoms with E-state index in [9.17, 15) is 19.8 Å². The molecule has 0 amide bonds. The molecule has 0 saturated carbocycles. The third-order valence-corrected chi connectivity index (χ3v) is 11.4. The molecule has 2 atom stereocenters. The third kappa shape index (κ3) is 16.7. The van der Waals surface area contributed by atoms with Gasteiger partial charge in [-0.05, 0) is 136 Å². The molecule has 2 heterocycles. The minimum Gasteiger partial charge on any atom is -0.481 e. The summed E-state index contributed by atoms with van der Waals surface area (Å²) in [5.41, 5.74) is 7.43. The van der Waals surface area contributed by atoms with Crippen molar-refractivity contribution < 1.29 is 49.0 Å². The number of aliphatic hydroxyl groups is 2. The smallest absolute Gasteiger partial charge is 0.306 e. The van der Waals surface area contributed by atoms with E-state index in [0.29, 0.717) is 109 Å². The number of carbonyl (C=O) groups is 2. The van der Waals surface area contributed by atoms with Gasteiger partial charge in [0.2, 0.25) is 23.5 Å². The van der Waals surface area contributed by atoms with Crippen molar-refractivity contribution in [1.29, 1.82) is 10.5 Å². The molecule has 4 rings (SSSR count). The maximum absolute atomic E-state index is 11.0. The fraction of sp³-hybridized carbons (Fsp3) is 0.447. The number of hydrogen-bond donors (Lipinski definition) is 5. The molecule has 4 aromatic rings. The minimum atomic E-state index is -1.09. The van der Waals surface area contributed by atoms with Gasteiger partial charge in [-0.15, -0.1) is 0 Å². The number of halogens is 2. The monoisotopic (exact) mass is 1010 g/mol. The number of aryl methyl sites for hydroxylation is 1.